The molecule has 0 saturated carbocycles. The van der Waals surface area contributed by atoms with E-state index in [-0.39, 0.29) is 1.43 Å². The van der Waals surface area contributed by atoms with Gasteiger partial charge in [-0.3, -0.25) is 0 Å². The second-order valence-electron chi connectivity index (χ2n) is 4.93. The number of hydrogen-bond donors (Lipinski definition) is 1. The minimum Gasteiger partial charge on any atom is -0.497 e. The summed E-state index contributed by atoms with van der Waals surface area (Å²) in [6.45, 7) is 4.68. The molecule has 0 aliphatic rings. The van der Waals surface area contributed by atoms with Crippen LogP contribution in [0, 0.1) is 11.3 Å². The Morgan fingerprint density at radius 1 is 1.12 bits per heavy atom. The van der Waals surface area contributed by atoms with Crippen LogP contribution in [0.25, 0.3) is 11.3 Å². The SMILES string of the molecule is CC.COc1ccc(-c2csc(NCc3ccc(C#N)cc3)n2)cc1.[HH]. The minimum absolute atomic E-state index is 0. The van der Waals surface area contributed by atoms with Crippen LogP contribution in [0.15, 0.2) is 53.9 Å². The highest BCUT2D eigenvalue weighted by Gasteiger charge is 2.05. The van der Waals surface area contributed by atoms with Crippen LogP contribution in [-0.4, -0.2) is 12.1 Å². The summed E-state index contributed by atoms with van der Waals surface area (Å²) in [5, 5.41) is 15.0. The van der Waals surface area contributed by atoms with Crippen molar-refractivity contribution in [2.75, 3.05) is 12.4 Å². The Morgan fingerprint density at radius 2 is 1.80 bits per heavy atom. The average molecular weight is 353 g/mol. The molecule has 4 nitrogen and oxygen atoms in total. The third-order valence-electron chi connectivity index (χ3n) is 3.42. The van der Waals surface area contributed by atoms with E-state index in [0.717, 1.165) is 27.7 Å². The first kappa shape index (κ1) is 18.5. The molecule has 0 saturated heterocycles. The third-order valence-corrected chi connectivity index (χ3v) is 4.22. The monoisotopic (exact) mass is 353 g/mol. The maximum Gasteiger partial charge on any atom is 0.183 e. The molecular formula is C20H23N3OS. The van der Waals surface area contributed by atoms with Crippen molar-refractivity contribution >= 4 is 16.5 Å². The number of methoxy groups -OCH3 is 1. The largest absolute Gasteiger partial charge is 0.497 e. The van der Waals surface area contributed by atoms with Gasteiger partial charge in [-0.05, 0) is 42.0 Å². The molecule has 1 aromatic heterocycles. The quantitative estimate of drug-likeness (QED) is 0.651. The number of nitrogens with zero attached hydrogens (tertiary/aromatic N) is 2. The van der Waals surface area contributed by atoms with Crippen molar-refractivity contribution in [2.45, 2.75) is 20.4 Å². The molecule has 25 heavy (non-hydrogen) atoms. The fourth-order valence-corrected chi connectivity index (χ4v) is 2.84. The van der Waals surface area contributed by atoms with Crippen LogP contribution >= 0.6 is 11.3 Å². The molecule has 0 spiro atoms. The molecule has 0 radical (unpaired) electrons. The normalized spacial score (nSPS) is 9.52. The lowest BCUT2D eigenvalue weighted by atomic mass is 10.1. The summed E-state index contributed by atoms with van der Waals surface area (Å²) in [7, 11) is 1.66. The maximum absolute atomic E-state index is 8.80. The molecule has 0 unspecified atom stereocenters. The molecule has 130 valence electrons. The molecule has 0 aliphatic heterocycles. The molecule has 3 aromatic rings. The van der Waals surface area contributed by atoms with Crippen LogP contribution in [0.2, 0.25) is 0 Å². The Morgan fingerprint density at radius 3 is 2.40 bits per heavy atom. The van der Waals surface area contributed by atoms with E-state index in [1.165, 1.54) is 0 Å². The lowest BCUT2D eigenvalue weighted by molar-refractivity contribution is 0.415. The summed E-state index contributed by atoms with van der Waals surface area (Å²) in [6.07, 6.45) is 0. The number of rotatable bonds is 5. The average Bonchev–Trinajstić information content (AvgIpc) is 3.17. The first-order valence-corrected chi connectivity index (χ1v) is 8.99. The summed E-state index contributed by atoms with van der Waals surface area (Å²) < 4.78 is 5.16. The summed E-state index contributed by atoms with van der Waals surface area (Å²) in [6, 6.07) is 17.5. The standard InChI is InChI=1S/C18H15N3OS.C2H6.H2/c1-22-16-8-6-15(7-9-16)17-12-23-18(21-17)20-11-14-4-2-13(10-19)3-5-14;1-2;/h2-9,12H,11H2,1H3,(H,20,21);1-2H3;1H. The van der Waals surface area contributed by atoms with E-state index >= 15 is 0 Å². The molecule has 2 aromatic carbocycles. The number of hydrogen-bond acceptors (Lipinski definition) is 5. The van der Waals surface area contributed by atoms with Gasteiger partial charge in [0, 0.05) is 18.9 Å². The predicted octanol–water partition coefficient (Wildman–Crippen LogP) is 5.57. The fraction of sp³-hybridized carbons (Fsp3) is 0.200. The molecule has 0 aliphatic carbocycles. The Labute approximate surface area is 154 Å². The van der Waals surface area contributed by atoms with Crippen LogP contribution in [-0.2, 0) is 6.54 Å². The van der Waals surface area contributed by atoms with Gasteiger partial charge >= 0.3 is 0 Å². The van der Waals surface area contributed by atoms with Gasteiger partial charge in [0.2, 0.25) is 0 Å². The predicted molar refractivity (Wildman–Crippen MR) is 106 cm³/mol. The summed E-state index contributed by atoms with van der Waals surface area (Å²) in [5.41, 5.74) is 3.79. The molecule has 0 bridgehead atoms. The van der Waals surface area contributed by atoms with Gasteiger partial charge in [0.1, 0.15) is 5.75 Å². The first-order chi connectivity index (χ1) is 12.3. The van der Waals surface area contributed by atoms with Crippen molar-refractivity contribution in [3.05, 3.63) is 65.0 Å². The molecule has 3 rings (SSSR count). The van der Waals surface area contributed by atoms with Crippen molar-refractivity contribution in [1.82, 2.24) is 4.98 Å². The van der Waals surface area contributed by atoms with Gasteiger partial charge in [0.15, 0.2) is 5.13 Å². The Kier molecular flexibility index (Phi) is 7.00. The molecular weight excluding hydrogens is 330 g/mol. The molecule has 0 amide bonds. The highest BCUT2D eigenvalue weighted by Crippen LogP contribution is 2.26. The zero-order valence-corrected chi connectivity index (χ0v) is 15.4. The number of nitriles is 1. The lowest BCUT2D eigenvalue weighted by Crippen LogP contribution is -1.98. The highest BCUT2D eigenvalue weighted by atomic mass is 32.1. The molecule has 1 heterocycles. The number of nitrogens with one attached hydrogen (secondary N) is 1. The van der Waals surface area contributed by atoms with Crippen LogP contribution in [0.3, 0.4) is 0 Å². The maximum atomic E-state index is 8.80. The Bertz CT molecular complexity index is 824. The summed E-state index contributed by atoms with van der Waals surface area (Å²) in [4.78, 5) is 4.60. The third kappa shape index (κ3) is 5.07. The van der Waals surface area contributed by atoms with Crippen molar-refractivity contribution in [3.8, 4) is 23.1 Å². The number of ether oxygens (including phenoxy) is 1. The number of anilines is 1. The molecule has 1 N–H and O–H groups in total. The summed E-state index contributed by atoms with van der Waals surface area (Å²) in [5.74, 6) is 0.836. The van der Waals surface area contributed by atoms with Gasteiger partial charge in [-0.2, -0.15) is 5.26 Å². The van der Waals surface area contributed by atoms with Gasteiger partial charge in [-0.15, -0.1) is 11.3 Å². The molecule has 0 fully saturated rings. The van der Waals surface area contributed by atoms with Crippen LogP contribution in [0.5, 0.6) is 5.75 Å². The van der Waals surface area contributed by atoms with Gasteiger partial charge in [0.05, 0.1) is 24.4 Å². The van der Waals surface area contributed by atoms with E-state index < -0.39 is 0 Å². The van der Waals surface area contributed by atoms with Crippen molar-refractivity contribution in [3.63, 3.8) is 0 Å². The fourth-order valence-electron chi connectivity index (χ4n) is 2.12. The smallest absolute Gasteiger partial charge is 0.183 e. The Hall–Kier alpha value is -2.84. The van der Waals surface area contributed by atoms with Crippen molar-refractivity contribution < 1.29 is 6.16 Å². The van der Waals surface area contributed by atoms with Crippen molar-refractivity contribution in [2.24, 2.45) is 0 Å². The van der Waals surface area contributed by atoms with Crippen LogP contribution in [0.1, 0.15) is 26.4 Å². The zero-order chi connectivity index (χ0) is 18.1. The molecule has 5 heteroatoms. The van der Waals surface area contributed by atoms with Gasteiger partial charge in [-0.25, -0.2) is 4.98 Å². The van der Waals surface area contributed by atoms with E-state index in [0.29, 0.717) is 12.1 Å². The zero-order valence-electron chi connectivity index (χ0n) is 14.6. The second kappa shape index (κ2) is 9.45. The highest BCUT2D eigenvalue weighted by molar-refractivity contribution is 7.14. The van der Waals surface area contributed by atoms with E-state index in [1.807, 2.05) is 67.8 Å². The van der Waals surface area contributed by atoms with E-state index in [9.17, 15) is 0 Å². The number of thiazole rings is 1. The van der Waals surface area contributed by atoms with Crippen molar-refractivity contribution in [1.29, 1.82) is 5.26 Å². The van der Waals surface area contributed by atoms with E-state index in [1.54, 1.807) is 18.4 Å². The molecule has 0 atom stereocenters. The summed E-state index contributed by atoms with van der Waals surface area (Å²) >= 11 is 1.58. The second-order valence-corrected chi connectivity index (χ2v) is 5.79. The topological polar surface area (TPSA) is 57.9 Å². The van der Waals surface area contributed by atoms with Gasteiger partial charge in [-0.1, -0.05) is 26.0 Å². The van der Waals surface area contributed by atoms with Gasteiger partial charge in [0.25, 0.3) is 0 Å². The Balaban J connectivity index is 0.00000109. The van der Waals surface area contributed by atoms with E-state index in [4.69, 9.17) is 10.00 Å². The van der Waals surface area contributed by atoms with Gasteiger partial charge < -0.3 is 10.1 Å². The number of aromatic nitrogens is 1. The number of benzene rings is 2. The first-order valence-electron chi connectivity index (χ1n) is 8.11. The van der Waals surface area contributed by atoms with E-state index in [2.05, 4.69) is 16.4 Å². The van der Waals surface area contributed by atoms with Crippen LogP contribution in [0.4, 0.5) is 5.13 Å². The lowest BCUT2D eigenvalue weighted by Gasteiger charge is -2.03. The van der Waals surface area contributed by atoms with Crippen LogP contribution < -0.4 is 10.1 Å². The minimum atomic E-state index is 0.